The third-order valence-electron chi connectivity index (χ3n) is 4.85. The molecule has 1 aromatic carbocycles. The molecule has 0 atom stereocenters. The number of benzene rings is 1. The molecule has 8 heteroatoms. The van der Waals surface area contributed by atoms with Gasteiger partial charge in [-0.05, 0) is 44.4 Å². The lowest BCUT2D eigenvalue weighted by atomic mass is 10.1. The van der Waals surface area contributed by atoms with E-state index < -0.39 is 0 Å². The largest absolute Gasteiger partial charge is 0.450 e. The van der Waals surface area contributed by atoms with E-state index in [2.05, 4.69) is 52.0 Å². The fraction of sp³-hybridized carbons (Fsp3) is 0.429. The third-order valence-corrected chi connectivity index (χ3v) is 4.85. The number of anilines is 1. The number of piperidine rings is 1. The first-order chi connectivity index (χ1) is 14.0. The van der Waals surface area contributed by atoms with Gasteiger partial charge in [0.05, 0.1) is 6.61 Å². The van der Waals surface area contributed by atoms with E-state index in [1.165, 1.54) is 5.56 Å². The molecule has 1 aliphatic heterocycles. The van der Waals surface area contributed by atoms with Crippen molar-refractivity contribution in [3.8, 4) is 0 Å². The van der Waals surface area contributed by atoms with Crippen molar-refractivity contribution in [1.29, 1.82) is 0 Å². The average molecular weight is 397 g/mol. The summed E-state index contributed by atoms with van der Waals surface area (Å²) in [6, 6.07) is 11.7. The van der Waals surface area contributed by atoms with Crippen LogP contribution in [0.15, 0.2) is 36.4 Å². The summed E-state index contributed by atoms with van der Waals surface area (Å²) in [6.45, 7) is 5.98. The zero-order valence-electron chi connectivity index (χ0n) is 16.9. The summed E-state index contributed by atoms with van der Waals surface area (Å²) >= 11 is 0. The van der Waals surface area contributed by atoms with E-state index in [0.29, 0.717) is 44.9 Å². The van der Waals surface area contributed by atoms with Gasteiger partial charge in [-0.2, -0.15) is 0 Å². The van der Waals surface area contributed by atoms with E-state index in [4.69, 9.17) is 4.74 Å². The number of carbonyl (C=O) groups is 2. The maximum Gasteiger partial charge on any atom is 0.409 e. The van der Waals surface area contributed by atoms with Gasteiger partial charge < -0.3 is 20.3 Å². The Labute approximate surface area is 170 Å². The summed E-state index contributed by atoms with van der Waals surface area (Å²) in [5.41, 5.74) is 2.64. The Kier molecular flexibility index (Phi) is 6.99. The Hall–Kier alpha value is -3.16. The molecule has 0 radical (unpaired) electrons. The zero-order valence-corrected chi connectivity index (χ0v) is 16.9. The van der Waals surface area contributed by atoms with Crippen molar-refractivity contribution < 1.29 is 14.3 Å². The van der Waals surface area contributed by atoms with Crippen molar-refractivity contribution in [1.82, 2.24) is 20.4 Å². The summed E-state index contributed by atoms with van der Waals surface area (Å²) < 4.78 is 5.01. The first-order valence-electron chi connectivity index (χ1n) is 9.91. The number of nitrogens with one attached hydrogen (secondary N) is 2. The molecular weight excluding hydrogens is 370 g/mol. The molecule has 0 aliphatic carbocycles. The molecule has 1 aromatic heterocycles. The van der Waals surface area contributed by atoms with Crippen molar-refractivity contribution in [3.63, 3.8) is 0 Å². The normalized spacial score (nSPS) is 14.3. The number of aromatic nitrogens is 2. The van der Waals surface area contributed by atoms with Gasteiger partial charge >= 0.3 is 6.09 Å². The van der Waals surface area contributed by atoms with E-state index in [9.17, 15) is 9.59 Å². The molecule has 154 valence electrons. The minimum Gasteiger partial charge on any atom is -0.450 e. The molecular formula is C21H27N5O3. The van der Waals surface area contributed by atoms with E-state index in [-0.39, 0.29) is 23.7 Å². The maximum absolute atomic E-state index is 12.4. The molecule has 0 spiro atoms. The van der Waals surface area contributed by atoms with E-state index in [1.807, 2.05) is 0 Å². The van der Waals surface area contributed by atoms with Gasteiger partial charge in [-0.15, -0.1) is 10.2 Å². The van der Waals surface area contributed by atoms with E-state index >= 15 is 0 Å². The number of rotatable bonds is 6. The molecule has 2 amide bonds. The number of carbonyl (C=O) groups excluding carboxylic acids is 2. The van der Waals surface area contributed by atoms with Gasteiger partial charge in [0.25, 0.3) is 5.91 Å². The van der Waals surface area contributed by atoms with Crippen LogP contribution in [-0.2, 0) is 11.3 Å². The van der Waals surface area contributed by atoms with Crippen LogP contribution in [0.25, 0.3) is 0 Å². The number of likely N-dealkylation sites (tertiary alicyclic amines) is 1. The second-order valence-corrected chi connectivity index (χ2v) is 7.08. The fourth-order valence-corrected chi connectivity index (χ4v) is 3.13. The minimum atomic E-state index is -0.295. The molecule has 2 aromatic rings. The SMILES string of the molecule is CCOC(=O)N1CCC(NC(=O)c2ccc(NCc3ccc(C)cc3)nn2)CC1. The van der Waals surface area contributed by atoms with Crippen molar-refractivity contribution in [2.45, 2.75) is 39.3 Å². The van der Waals surface area contributed by atoms with E-state index in [1.54, 1.807) is 24.0 Å². The molecule has 0 bridgehead atoms. The summed E-state index contributed by atoms with van der Waals surface area (Å²) in [5, 5.41) is 14.3. The summed E-state index contributed by atoms with van der Waals surface area (Å²) in [6.07, 6.45) is 1.08. The molecule has 8 nitrogen and oxygen atoms in total. The second kappa shape index (κ2) is 9.86. The van der Waals surface area contributed by atoms with Gasteiger partial charge in [0.15, 0.2) is 5.69 Å². The Balaban J connectivity index is 1.45. The van der Waals surface area contributed by atoms with Crippen LogP contribution in [-0.4, -0.2) is 52.8 Å². The Bertz CT molecular complexity index is 815. The Morgan fingerprint density at radius 2 is 1.83 bits per heavy atom. The maximum atomic E-state index is 12.4. The van der Waals surface area contributed by atoms with Crippen LogP contribution in [0.4, 0.5) is 10.6 Å². The lowest BCUT2D eigenvalue weighted by molar-refractivity contribution is 0.0856. The summed E-state index contributed by atoms with van der Waals surface area (Å²) in [5.74, 6) is 0.363. The van der Waals surface area contributed by atoms with Crippen molar-refractivity contribution in [2.75, 3.05) is 25.0 Å². The van der Waals surface area contributed by atoms with Crippen LogP contribution >= 0.6 is 0 Å². The first-order valence-corrected chi connectivity index (χ1v) is 9.91. The smallest absolute Gasteiger partial charge is 0.409 e. The quantitative estimate of drug-likeness (QED) is 0.778. The van der Waals surface area contributed by atoms with Crippen LogP contribution < -0.4 is 10.6 Å². The molecule has 3 rings (SSSR count). The Morgan fingerprint density at radius 3 is 2.45 bits per heavy atom. The lowest BCUT2D eigenvalue weighted by Crippen LogP contribution is -2.46. The predicted molar refractivity (Wildman–Crippen MR) is 110 cm³/mol. The number of hydrogen-bond donors (Lipinski definition) is 2. The van der Waals surface area contributed by atoms with Gasteiger partial charge in [-0.3, -0.25) is 4.79 Å². The highest BCUT2D eigenvalue weighted by molar-refractivity contribution is 5.92. The van der Waals surface area contributed by atoms with Crippen molar-refractivity contribution in [2.24, 2.45) is 0 Å². The van der Waals surface area contributed by atoms with Crippen LogP contribution in [0, 0.1) is 6.92 Å². The number of hydrogen-bond acceptors (Lipinski definition) is 6. The highest BCUT2D eigenvalue weighted by Gasteiger charge is 2.25. The van der Waals surface area contributed by atoms with Gasteiger partial charge in [0, 0.05) is 25.7 Å². The first kappa shape index (κ1) is 20.6. The van der Waals surface area contributed by atoms with Gasteiger partial charge in [0.2, 0.25) is 0 Å². The summed E-state index contributed by atoms with van der Waals surface area (Å²) in [7, 11) is 0. The third kappa shape index (κ3) is 5.91. The highest BCUT2D eigenvalue weighted by Crippen LogP contribution is 2.13. The van der Waals surface area contributed by atoms with Crippen LogP contribution in [0.2, 0.25) is 0 Å². The van der Waals surface area contributed by atoms with Gasteiger partial charge in [0.1, 0.15) is 5.82 Å². The van der Waals surface area contributed by atoms with Crippen molar-refractivity contribution >= 4 is 17.8 Å². The van der Waals surface area contributed by atoms with Crippen LogP contribution in [0.5, 0.6) is 0 Å². The van der Waals surface area contributed by atoms with Crippen LogP contribution in [0.1, 0.15) is 41.4 Å². The topological polar surface area (TPSA) is 96.5 Å². The predicted octanol–water partition coefficient (Wildman–Crippen LogP) is 2.75. The number of ether oxygens (including phenoxy) is 1. The zero-order chi connectivity index (χ0) is 20.6. The fourth-order valence-electron chi connectivity index (χ4n) is 3.13. The summed E-state index contributed by atoms with van der Waals surface area (Å²) in [4.78, 5) is 25.8. The second-order valence-electron chi connectivity index (χ2n) is 7.08. The number of aryl methyl sites for hydroxylation is 1. The number of amides is 2. The van der Waals surface area contributed by atoms with E-state index in [0.717, 1.165) is 5.56 Å². The Morgan fingerprint density at radius 1 is 1.10 bits per heavy atom. The van der Waals surface area contributed by atoms with Gasteiger partial charge in [-0.25, -0.2) is 4.79 Å². The molecule has 0 saturated carbocycles. The molecule has 2 heterocycles. The standard InChI is InChI=1S/C21H27N5O3/c1-3-29-21(28)26-12-10-17(11-13-26)23-20(27)18-8-9-19(25-24-18)22-14-16-6-4-15(2)5-7-16/h4-9,17H,3,10-14H2,1-2H3,(H,22,25)(H,23,27). The number of nitrogens with zero attached hydrogens (tertiary/aromatic N) is 3. The highest BCUT2D eigenvalue weighted by atomic mass is 16.6. The molecule has 1 saturated heterocycles. The average Bonchev–Trinajstić information content (AvgIpc) is 2.74. The lowest BCUT2D eigenvalue weighted by Gasteiger charge is -2.31. The minimum absolute atomic E-state index is 0.00863. The molecule has 1 fully saturated rings. The van der Waals surface area contributed by atoms with Gasteiger partial charge in [-0.1, -0.05) is 29.8 Å². The molecule has 2 N–H and O–H groups in total. The molecule has 0 unspecified atom stereocenters. The monoisotopic (exact) mass is 397 g/mol. The molecule has 1 aliphatic rings. The van der Waals surface area contributed by atoms with Crippen LogP contribution in [0.3, 0.4) is 0 Å². The molecule has 29 heavy (non-hydrogen) atoms. The van der Waals surface area contributed by atoms with Crippen molar-refractivity contribution in [3.05, 3.63) is 53.2 Å².